The second kappa shape index (κ2) is 9.06. The second-order valence-corrected chi connectivity index (χ2v) is 7.07. The van der Waals surface area contributed by atoms with Crippen LogP contribution < -0.4 is 19.9 Å². The molecule has 2 heterocycles. The van der Waals surface area contributed by atoms with Crippen LogP contribution in [-0.4, -0.2) is 55.2 Å². The van der Waals surface area contributed by atoms with Crippen LogP contribution in [0.25, 0.3) is 16.8 Å². The largest absolute Gasteiger partial charge is 0.493 e. The molecule has 0 spiro atoms. The molecular weight excluding hydrogens is 416 g/mol. The number of benzene rings is 2. The summed E-state index contributed by atoms with van der Waals surface area (Å²) in [7, 11) is 3.11. The van der Waals surface area contributed by atoms with Crippen LogP contribution in [0.4, 0.5) is 11.5 Å². The lowest BCUT2D eigenvalue weighted by Gasteiger charge is -2.29. The highest BCUT2D eigenvalue weighted by Crippen LogP contribution is 2.35. The van der Waals surface area contributed by atoms with Crippen LogP contribution in [0.1, 0.15) is 0 Å². The monoisotopic (exact) mass is 438 g/mol. The smallest absolute Gasteiger partial charge is 0.272 e. The molecule has 0 bridgehead atoms. The first-order valence-electron chi connectivity index (χ1n) is 9.96. The van der Waals surface area contributed by atoms with Crippen molar-refractivity contribution in [2.45, 2.75) is 0 Å². The minimum Gasteiger partial charge on any atom is -0.493 e. The maximum Gasteiger partial charge on any atom is 0.272 e. The van der Waals surface area contributed by atoms with Gasteiger partial charge < -0.3 is 19.1 Å². The van der Waals surface area contributed by atoms with Gasteiger partial charge in [-0.25, -0.2) is 0 Å². The molecule has 0 aliphatic carbocycles. The van der Waals surface area contributed by atoms with Crippen molar-refractivity contribution in [1.82, 2.24) is 9.78 Å². The summed E-state index contributed by atoms with van der Waals surface area (Å²) in [6.07, 6.45) is 0. The van der Waals surface area contributed by atoms with Gasteiger partial charge in [0, 0.05) is 36.9 Å². The van der Waals surface area contributed by atoms with Crippen LogP contribution in [-0.2, 0) is 4.74 Å². The Morgan fingerprint density at radius 1 is 1.00 bits per heavy atom. The van der Waals surface area contributed by atoms with Crippen molar-refractivity contribution in [1.29, 1.82) is 0 Å². The molecule has 0 saturated carbocycles. The molecule has 3 aromatic rings. The fourth-order valence-electron chi connectivity index (χ4n) is 3.57. The number of nitro benzene ring substituents is 1. The number of hydrogen-bond donors (Lipinski definition) is 0. The molecule has 1 aromatic heterocycles. The molecule has 1 aliphatic heterocycles. The number of rotatable bonds is 6. The number of ether oxygens (including phenoxy) is 3. The Hall–Kier alpha value is -3.92. The van der Waals surface area contributed by atoms with Crippen molar-refractivity contribution in [3.05, 3.63) is 69.0 Å². The van der Waals surface area contributed by atoms with E-state index in [4.69, 9.17) is 14.2 Å². The zero-order chi connectivity index (χ0) is 22.7. The highest BCUT2D eigenvalue weighted by atomic mass is 16.6. The van der Waals surface area contributed by atoms with Crippen molar-refractivity contribution in [2.24, 2.45) is 0 Å². The van der Waals surface area contributed by atoms with E-state index in [1.165, 1.54) is 35.0 Å². The van der Waals surface area contributed by atoms with Gasteiger partial charge in [-0.2, -0.15) is 4.68 Å². The van der Waals surface area contributed by atoms with Gasteiger partial charge in [0.05, 0.1) is 38.0 Å². The first-order valence-corrected chi connectivity index (χ1v) is 9.96. The molecule has 2 aromatic carbocycles. The highest BCUT2D eigenvalue weighted by molar-refractivity contribution is 5.77. The number of methoxy groups -OCH3 is 2. The molecule has 0 unspecified atom stereocenters. The standard InChI is InChI=1S/C22H22N4O6/c1-30-19-8-3-15(13-20(19)31-2)18-14-21(27)25(16-4-6-17(7-5-16)26(28)29)23-22(18)24-9-11-32-12-10-24/h3-8,13-14H,9-12H2,1-2H3. The van der Waals surface area contributed by atoms with E-state index in [-0.39, 0.29) is 11.2 Å². The molecule has 32 heavy (non-hydrogen) atoms. The molecule has 0 N–H and O–H groups in total. The summed E-state index contributed by atoms with van der Waals surface area (Å²) in [5.74, 6) is 1.73. The predicted molar refractivity (Wildman–Crippen MR) is 118 cm³/mol. The van der Waals surface area contributed by atoms with Crippen LogP contribution in [0.15, 0.2) is 53.3 Å². The Kier molecular flexibility index (Phi) is 6.04. The molecule has 0 radical (unpaired) electrons. The summed E-state index contributed by atoms with van der Waals surface area (Å²) in [6, 6.07) is 12.6. The van der Waals surface area contributed by atoms with Gasteiger partial charge in [0.1, 0.15) is 0 Å². The summed E-state index contributed by atoms with van der Waals surface area (Å²) >= 11 is 0. The molecule has 4 rings (SSSR count). The summed E-state index contributed by atoms with van der Waals surface area (Å²) in [6.45, 7) is 2.32. The predicted octanol–water partition coefficient (Wildman–Crippen LogP) is 2.66. The van der Waals surface area contributed by atoms with Crippen LogP contribution in [0, 0.1) is 10.1 Å². The lowest BCUT2D eigenvalue weighted by Crippen LogP contribution is -2.38. The van der Waals surface area contributed by atoms with Gasteiger partial charge in [0.15, 0.2) is 17.3 Å². The maximum absolute atomic E-state index is 13.0. The van der Waals surface area contributed by atoms with E-state index in [2.05, 4.69) is 10.00 Å². The van der Waals surface area contributed by atoms with Gasteiger partial charge in [0.25, 0.3) is 11.2 Å². The SMILES string of the molecule is COc1ccc(-c2cc(=O)n(-c3ccc([N+](=O)[O-])cc3)nc2N2CCOCC2)cc1OC. The summed E-state index contributed by atoms with van der Waals surface area (Å²) < 4.78 is 17.5. The van der Waals surface area contributed by atoms with Crippen LogP contribution in [0.2, 0.25) is 0 Å². The van der Waals surface area contributed by atoms with E-state index < -0.39 is 4.92 Å². The minimum atomic E-state index is -0.487. The number of non-ortho nitro benzene ring substituents is 1. The van der Waals surface area contributed by atoms with E-state index >= 15 is 0 Å². The van der Waals surface area contributed by atoms with Gasteiger partial charge in [-0.05, 0) is 29.8 Å². The lowest BCUT2D eigenvalue weighted by atomic mass is 10.1. The van der Waals surface area contributed by atoms with Crippen LogP contribution in [0.5, 0.6) is 11.5 Å². The zero-order valence-electron chi connectivity index (χ0n) is 17.7. The molecule has 166 valence electrons. The second-order valence-electron chi connectivity index (χ2n) is 7.07. The van der Waals surface area contributed by atoms with E-state index in [0.717, 1.165) is 5.56 Å². The van der Waals surface area contributed by atoms with E-state index in [9.17, 15) is 14.9 Å². The quantitative estimate of drug-likeness (QED) is 0.427. The molecule has 10 nitrogen and oxygen atoms in total. The fraction of sp³-hybridized carbons (Fsp3) is 0.273. The molecule has 0 atom stereocenters. The fourth-order valence-corrected chi connectivity index (χ4v) is 3.57. The van der Waals surface area contributed by atoms with Crippen molar-refractivity contribution >= 4 is 11.5 Å². The van der Waals surface area contributed by atoms with Gasteiger partial charge in [-0.1, -0.05) is 6.07 Å². The Morgan fingerprint density at radius 2 is 1.69 bits per heavy atom. The summed E-state index contributed by atoms with van der Waals surface area (Å²) in [4.78, 5) is 25.5. The first kappa shape index (κ1) is 21.3. The third kappa shape index (κ3) is 4.12. The number of nitro groups is 1. The Balaban J connectivity index is 1.86. The normalized spacial score (nSPS) is 13.6. The number of nitrogens with zero attached hydrogens (tertiary/aromatic N) is 4. The number of hydrogen-bond acceptors (Lipinski definition) is 8. The Bertz CT molecular complexity index is 1190. The third-order valence-electron chi connectivity index (χ3n) is 5.22. The maximum atomic E-state index is 13.0. The average Bonchev–Trinajstić information content (AvgIpc) is 2.84. The van der Waals surface area contributed by atoms with Gasteiger partial charge in [0.2, 0.25) is 0 Å². The van der Waals surface area contributed by atoms with E-state index in [1.807, 2.05) is 6.07 Å². The third-order valence-corrected chi connectivity index (χ3v) is 5.22. The molecule has 10 heteroatoms. The molecule has 0 amide bonds. The number of anilines is 1. The molecule has 1 aliphatic rings. The van der Waals surface area contributed by atoms with E-state index in [0.29, 0.717) is 54.9 Å². The highest BCUT2D eigenvalue weighted by Gasteiger charge is 2.21. The van der Waals surface area contributed by atoms with E-state index in [1.54, 1.807) is 26.4 Å². The number of aromatic nitrogens is 2. The summed E-state index contributed by atoms with van der Waals surface area (Å²) in [5, 5.41) is 15.6. The van der Waals surface area contributed by atoms with Gasteiger partial charge in [-0.3, -0.25) is 14.9 Å². The van der Waals surface area contributed by atoms with Crippen molar-refractivity contribution in [2.75, 3.05) is 45.4 Å². The van der Waals surface area contributed by atoms with Crippen molar-refractivity contribution < 1.29 is 19.1 Å². The summed E-state index contributed by atoms with van der Waals surface area (Å²) in [5.41, 5.74) is 1.42. The number of morpholine rings is 1. The van der Waals surface area contributed by atoms with Gasteiger partial charge in [-0.15, -0.1) is 5.10 Å². The zero-order valence-corrected chi connectivity index (χ0v) is 17.7. The first-order chi connectivity index (χ1) is 15.5. The minimum absolute atomic E-state index is 0.0582. The Labute approximate surface area is 183 Å². The topological polar surface area (TPSA) is 109 Å². The van der Waals surface area contributed by atoms with Crippen molar-refractivity contribution in [3.8, 4) is 28.3 Å². The molecular formula is C22H22N4O6. The average molecular weight is 438 g/mol. The Morgan fingerprint density at radius 3 is 2.31 bits per heavy atom. The van der Waals surface area contributed by atoms with Crippen molar-refractivity contribution in [3.63, 3.8) is 0 Å². The molecule has 1 saturated heterocycles. The van der Waals surface area contributed by atoms with Crippen LogP contribution >= 0.6 is 0 Å². The van der Waals surface area contributed by atoms with Gasteiger partial charge >= 0.3 is 0 Å². The molecule has 1 fully saturated rings. The lowest BCUT2D eigenvalue weighted by molar-refractivity contribution is -0.384. The van der Waals surface area contributed by atoms with Crippen LogP contribution in [0.3, 0.4) is 0 Å².